The highest BCUT2D eigenvalue weighted by Gasteiger charge is 2.00. The molecule has 20 heavy (non-hydrogen) atoms. The Bertz CT molecular complexity index is 785. The minimum atomic E-state index is 0.694. The normalized spacial score (nSPS) is 9.85. The molecule has 1 aromatic heterocycles. The quantitative estimate of drug-likeness (QED) is 0.627. The van der Waals surface area contributed by atoms with Gasteiger partial charge in [-0.1, -0.05) is 41.6 Å². The SMILES string of the molecule is Clc1cccc(C#Cc2cccc(-c3cnsn3)c2)c1. The monoisotopic (exact) mass is 296 g/mol. The molecule has 0 aliphatic carbocycles. The number of hydrogen-bond acceptors (Lipinski definition) is 3. The Morgan fingerprint density at radius 1 is 0.950 bits per heavy atom. The van der Waals surface area contributed by atoms with Gasteiger partial charge in [-0.25, -0.2) is 0 Å². The van der Waals surface area contributed by atoms with Crippen LogP contribution in [-0.4, -0.2) is 8.75 Å². The van der Waals surface area contributed by atoms with Crippen LogP contribution in [-0.2, 0) is 0 Å². The zero-order valence-corrected chi connectivity index (χ0v) is 11.9. The molecule has 2 nitrogen and oxygen atoms in total. The largest absolute Gasteiger partial charge is 0.181 e. The maximum Gasteiger partial charge on any atom is 0.104 e. The summed E-state index contributed by atoms with van der Waals surface area (Å²) in [5.41, 5.74) is 3.74. The van der Waals surface area contributed by atoms with Crippen molar-refractivity contribution in [2.45, 2.75) is 0 Å². The fraction of sp³-hybridized carbons (Fsp3) is 0. The van der Waals surface area contributed by atoms with Gasteiger partial charge in [-0.3, -0.25) is 0 Å². The first-order valence-electron chi connectivity index (χ1n) is 5.97. The summed E-state index contributed by atoms with van der Waals surface area (Å²) in [6.45, 7) is 0. The van der Waals surface area contributed by atoms with Gasteiger partial charge < -0.3 is 0 Å². The van der Waals surface area contributed by atoms with Gasteiger partial charge in [0.1, 0.15) is 5.69 Å². The van der Waals surface area contributed by atoms with Crippen LogP contribution in [0.1, 0.15) is 11.1 Å². The minimum absolute atomic E-state index is 0.694. The van der Waals surface area contributed by atoms with Crippen LogP contribution in [0.4, 0.5) is 0 Å². The van der Waals surface area contributed by atoms with Gasteiger partial charge >= 0.3 is 0 Å². The molecule has 0 bridgehead atoms. The minimum Gasteiger partial charge on any atom is -0.181 e. The van der Waals surface area contributed by atoms with E-state index in [-0.39, 0.29) is 0 Å². The lowest BCUT2D eigenvalue weighted by Gasteiger charge is -1.96. The highest BCUT2D eigenvalue weighted by molar-refractivity contribution is 6.99. The lowest BCUT2D eigenvalue weighted by molar-refractivity contribution is 1.49. The van der Waals surface area contributed by atoms with Crippen LogP contribution >= 0.6 is 23.3 Å². The van der Waals surface area contributed by atoms with Crippen LogP contribution in [0.15, 0.2) is 54.7 Å². The predicted molar refractivity (Wildman–Crippen MR) is 82.8 cm³/mol. The highest BCUT2D eigenvalue weighted by Crippen LogP contribution is 2.18. The summed E-state index contributed by atoms with van der Waals surface area (Å²) in [4.78, 5) is 0. The lowest BCUT2D eigenvalue weighted by atomic mass is 10.1. The van der Waals surface area contributed by atoms with E-state index in [1.165, 1.54) is 11.7 Å². The van der Waals surface area contributed by atoms with Gasteiger partial charge in [0.15, 0.2) is 0 Å². The molecule has 0 N–H and O–H groups in total. The predicted octanol–water partition coefficient (Wildman–Crippen LogP) is 4.26. The molecule has 3 rings (SSSR count). The van der Waals surface area contributed by atoms with E-state index < -0.39 is 0 Å². The van der Waals surface area contributed by atoms with Crippen molar-refractivity contribution in [2.75, 3.05) is 0 Å². The van der Waals surface area contributed by atoms with Crippen molar-refractivity contribution in [3.8, 4) is 23.1 Å². The smallest absolute Gasteiger partial charge is 0.104 e. The van der Waals surface area contributed by atoms with Gasteiger partial charge in [-0.15, -0.1) is 0 Å². The van der Waals surface area contributed by atoms with Gasteiger partial charge in [0, 0.05) is 21.7 Å². The van der Waals surface area contributed by atoms with Crippen LogP contribution in [0.3, 0.4) is 0 Å². The van der Waals surface area contributed by atoms with Crippen molar-refractivity contribution < 1.29 is 0 Å². The first kappa shape index (κ1) is 12.9. The third kappa shape index (κ3) is 3.05. The van der Waals surface area contributed by atoms with Gasteiger partial charge in [0.05, 0.1) is 17.9 Å². The Morgan fingerprint density at radius 2 is 1.70 bits per heavy atom. The average molecular weight is 297 g/mol. The molecule has 1 heterocycles. The standard InChI is InChI=1S/C16H9ClN2S/c17-15-6-2-4-13(10-15)8-7-12-3-1-5-14(9-12)16-11-18-20-19-16/h1-6,9-11H. The summed E-state index contributed by atoms with van der Waals surface area (Å²) < 4.78 is 8.23. The summed E-state index contributed by atoms with van der Waals surface area (Å²) in [6, 6.07) is 15.5. The average Bonchev–Trinajstić information content (AvgIpc) is 3.00. The Balaban J connectivity index is 1.91. The molecule has 0 amide bonds. The first-order valence-corrected chi connectivity index (χ1v) is 7.08. The molecule has 0 radical (unpaired) electrons. The van der Waals surface area contributed by atoms with Crippen LogP contribution < -0.4 is 0 Å². The Morgan fingerprint density at radius 3 is 2.40 bits per heavy atom. The molecular formula is C16H9ClN2S. The lowest BCUT2D eigenvalue weighted by Crippen LogP contribution is -1.80. The summed E-state index contributed by atoms with van der Waals surface area (Å²) >= 11 is 7.14. The number of benzene rings is 2. The molecule has 3 aromatic rings. The van der Waals surface area contributed by atoms with E-state index in [1.807, 2.05) is 48.5 Å². The second-order valence-electron chi connectivity index (χ2n) is 4.13. The Hall–Kier alpha value is -2.15. The van der Waals surface area contributed by atoms with Crippen molar-refractivity contribution in [3.63, 3.8) is 0 Å². The third-order valence-corrected chi connectivity index (χ3v) is 3.41. The maximum absolute atomic E-state index is 5.94. The molecule has 0 aliphatic rings. The second kappa shape index (κ2) is 5.87. The van der Waals surface area contributed by atoms with E-state index in [4.69, 9.17) is 11.6 Å². The molecule has 0 fully saturated rings. The summed E-state index contributed by atoms with van der Waals surface area (Å²) in [6.07, 6.45) is 1.76. The van der Waals surface area contributed by atoms with Crippen LogP contribution in [0.5, 0.6) is 0 Å². The zero-order chi connectivity index (χ0) is 13.8. The van der Waals surface area contributed by atoms with Crippen molar-refractivity contribution in [1.82, 2.24) is 8.75 Å². The fourth-order valence-electron chi connectivity index (χ4n) is 1.76. The maximum atomic E-state index is 5.94. The zero-order valence-electron chi connectivity index (χ0n) is 10.4. The summed E-state index contributed by atoms with van der Waals surface area (Å²) in [7, 11) is 0. The molecule has 4 heteroatoms. The topological polar surface area (TPSA) is 25.8 Å². The van der Waals surface area contributed by atoms with Gasteiger partial charge in [0.2, 0.25) is 0 Å². The Labute approximate surface area is 126 Å². The second-order valence-corrected chi connectivity index (χ2v) is 5.13. The van der Waals surface area contributed by atoms with Crippen LogP contribution in [0, 0.1) is 11.8 Å². The van der Waals surface area contributed by atoms with E-state index in [2.05, 4.69) is 20.6 Å². The summed E-state index contributed by atoms with van der Waals surface area (Å²) in [5, 5.41) is 0.694. The molecule has 0 spiro atoms. The molecule has 2 aromatic carbocycles. The molecule has 0 atom stereocenters. The molecule has 0 saturated carbocycles. The molecule has 0 unspecified atom stereocenters. The number of hydrogen-bond donors (Lipinski definition) is 0. The van der Waals surface area contributed by atoms with Crippen molar-refractivity contribution in [1.29, 1.82) is 0 Å². The van der Waals surface area contributed by atoms with Crippen LogP contribution in [0.2, 0.25) is 5.02 Å². The highest BCUT2D eigenvalue weighted by atomic mass is 35.5. The van der Waals surface area contributed by atoms with E-state index in [0.717, 1.165) is 22.4 Å². The third-order valence-electron chi connectivity index (χ3n) is 2.70. The molecule has 0 saturated heterocycles. The van der Waals surface area contributed by atoms with E-state index in [9.17, 15) is 0 Å². The number of aromatic nitrogens is 2. The molecule has 0 aliphatic heterocycles. The Kier molecular flexibility index (Phi) is 3.78. The number of rotatable bonds is 1. The number of nitrogens with zero attached hydrogens (tertiary/aromatic N) is 2. The van der Waals surface area contributed by atoms with Crippen molar-refractivity contribution in [2.24, 2.45) is 0 Å². The summed E-state index contributed by atoms with van der Waals surface area (Å²) in [5.74, 6) is 6.24. The number of halogens is 1. The first-order chi connectivity index (χ1) is 9.81. The van der Waals surface area contributed by atoms with E-state index in [0.29, 0.717) is 5.02 Å². The molecule has 96 valence electrons. The van der Waals surface area contributed by atoms with Crippen molar-refractivity contribution in [3.05, 3.63) is 70.9 Å². The van der Waals surface area contributed by atoms with Gasteiger partial charge in [-0.2, -0.15) is 8.75 Å². The van der Waals surface area contributed by atoms with Crippen LogP contribution in [0.25, 0.3) is 11.3 Å². The van der Waals surface area contributed by atoms with E-state index in [1.54, 1.807) is 6.20 Å². The van der Waals surface area contributed by atoms with Crippen molar-refractivity contribution >= 4 is 23.3 Å². The molecular weight excluding hydrogens is 288 g/mol. The van der Waals surface area contributed by atoms with E-state index >= 15 is 0 Å². The van der Waals surface area contributed by atoms with Gasteiger partial charge in [-0.05, 0) is 30.3 Å². The fourth-order valence-corrected chi connectivity index (χ4v) is 2.38. The van der Waals surface area contributed by atoms with Gasteiger partial charge in [0.25, 0.3) is 0 Å².